The van der Waals surface area contributed by atoms with Crippen LogP contribution in [0, 0.1) is 0 Å². The van der Waals surface area contributed by atoms with Crippen molar-refractivity contribution in [2.75, 3.05) is 6.54 Å². The van der Waals surface area contributed by atoms with Crippen LogP contribution in [0.2, 0.25) is 0 Å². The number of aryl methyl sites for hydroxylation is 2. The van der Waals surface area contributed by atoms with Gasteiger partial charge >= 0.3 is 0 Å². The maximum atomic E-state index is 4.83. The van der Waals surface area contributed by atoms with E-state index in [9.17, 15) is 0 Å². The van der Waals surface area contributed by atoms with Crippen molar-refractivity contribution in [1.82, 2.24) is 24.6 Å². The Morgan fingerprint density at radius 2 is 2.30 bits per heavy atom. The third-order valence-corrected chi connectivity index (χ3v) is 3.87. The van der Waals surface area contributed by atoms with E-state index in [-0.39, 0.29) is 0 Å². The Hall–Kier alpha value is -1.62. The SMILES string of the molecule is CCCc1nc2c(n1CCCn1cccn1)CCNC2. The number of hydrogen-bond acceptors (Lipinski definition) is 3. The van der Waals surface area contributed by atoms with E-state index in [0.717, 1.165) is 51.9 Å². The van der Waals surface area contributed by atoms with Crippen LogP contribution in [0.3, 0.4) is 0 Å². The zero-order chi connectivity index (χ0) is 13.8. The van der Waals surface area contributed by atoms with Gasteiger partial charge in [0.25, 0.3) is 0 Å². The first-order chi connectivity index (χ1) is 9.88. The Kier molecular flexibility index (Phi) is 4.16. The lowest BCUT2D eigenvalue weighted by atomic mass is 10.2. The molecule has 2 aromatic heterocycles. The standard InChI is InChI=1S/C15H23N5/c1-2-5-15-18-13-12-16-8-6-14(13)20(15)11-4-10-19-9-3-7-17-19/h3,7,9,16H,2,4-6,8,10-12H2,1H3. The van der Waals surface area contributed by atoms with Gasteiger partial charge < -0.3 is 9.88 Å². The van der Waals surface area contributed by atoms with Crippen LogP contribution in [0.5, 0.6) is 0 Å². The van der Waals surface area contributed by atoms with Crippen LogP contribution in [0.4, 0.5) is 0 Å². The largest absolute Gasteiger partial charge is 0.332 e. The molecular weight excluding hydrogens is 250 g/mol. The van der Waals surface area contributed by atoms with E-state index in [0.29, 0.717) is 0 Å². The Morgan fingerprint density at radius 1 is 1.35 bits per heavy atom. The third-order valence-electron chi connectivity index (χ3n) is 3.87. The van der Waals surface area contributed by atoms with Gasteiger partial charge in [-0.2, -0.15) is 5.10 Å². The molecule has 0 aliphatic carbocycles. The molecule has 0 fully saturated rings. The average molecular weight is 273 g/mol. The van der Waals surface area contributed by atoms with Gasteiger partial charge in [-0.3, -0.25) is 4.68 Å². The first-order valence-corrected chi connectivity index (χ1v) is 7.63. The lowest BCUT2D eigenvalue weighted by Crippen LogP contribution is -2.25. The number of fused-ring (bicyclic) bond motifs is 1. The summed E-state index contributed by atoms with van der Waals surface area (Å²) in [5.41, 5.74) is 2.71. The quantitative estimate of drug-likeness (QED) is 0.872. The van der Waals surface area contributed by atoms with Crippen molar-refractivity contribution in [2.24, 2.45) is 0 Å². The summed E-state index contributed by atoms with van der Waals surface area (Å²) < 4.78 is 4.47. The van der Waals surface area contributed by atoms with Gasteiger partial charge in [-0.15, -0.1) is 0 Å². The van der Waals surface area contributed by atoms with Crippen molar-refractivity contribution in [2.45, 2.75) is 52.2 Å². The predicted octanol–water partition coefficient (Wildman–Crippen LogP) is 1.77. The molecule has 5 heteroatoms. The number of aromatic nitrogens is 4. The van der Waals surface area contributed by atoms with Gasteiger partial charge in [0.2, 0.25) is 0 Å². The number of rotatable bonds is 6. The maximum absolute atomic E-state index is 4.83. The van der Waals surface area contributed by atoms with Gasteiger partial charge in [-0.05, 0) is 18.9 Å². The zero-order valence-corrected chi connectivity index (χ0v) is 12.2. The van der Waals surface area contributed by atoms with Gasteiger partial charge in [0.15, 0.2) is 0 Å². The highest BCUT2D eigenvalue weighted by atomic mass is 15.3. The highest BCUT2D eigenvalue weighted by molar-refractivity contribution is 5.20. The smallest absolute Gasteiger partial charge is 0.109 e. The molecule has 0 amide bonds. The summed E-state index contributed by atoms with van der Waals surface area (Å²) in [6, 6.07) is 1.98. The molecule has 108 valence electrons. The van der Waals surface area contributed by atoms with E-state index in [1.807, 2.05) is 23.1 Å². The van der Waals surface area contributed by atoms with E-state index in [4.69, 9.17) is 4.98 Å². The number of imidazole rings is 1. The average Bonchev–Trinajstić information content (AvgIpc) is 3.08. The van der Waals surface area contributed by atoms with Crippen LogP contribution in [0.15, 0.2) is 18.5 Å². The van der Waals surface area contributed by atoms with Crippen LogP contribution in [0.25, 0.3) is 0 Å². The molecule has 0 unspecified atom stereocenters. The highest BCUT2D eigenvalue weighted by Crippen LogP contribution is 2.18. The number of nitrogens with zero attached hydrogens (tertiary/aromatic N) is 4. The molecule has 0 saturated heterocycles. The summed E-state index contributed by atoms with van der Waals surface area (Å²) in [4.78, 5) is 4.83. The van der Waals surface area contributed by atoms with Crippen LogP contribution < -0.4 is 5.32 Å². The molecule has 0 atom stereocenters. The molecule has 0 spiro atoms. The minimum absolute atomic E-state index is 0.929. The van der Waals surface area contributed by atoms with Crippen molar-refractivity contribution in [3.8, 4) is 0 Å². The monoisotopic (exact) mass is 273 g/mol. The first kappa shape index (κ1) is 13.4. The van der Waals surface area contributed by atoms with Crippen LogP contribution in [-0.2, 0) is 32.5 Å². The van der Waals surface area contributed by atoms with Crippen LogP contribution >= 0.6 is 0 Å². The normalized spacial score (nSPS) is 14.4. The molecule has 3 rings (SSSR count). The van der Waals surface area contributed by atoms with E-state index >= 15 is 0 Å². The van der Waals surface area contributed by atoms with Crippen molar-refractivity contribution in [3.05, 3.63) is 35.7 Å². The topological polar surface area (TPSA) is 47.7 Å². The lowest BCUT2D eigenvalue weighted by Gasteiger charge is -2.16. The lowest BCUT2D eigenvalue weighted by molar-refractivity contribution is 0.499. The van der Waals surface area contributed by atoms with Gasteiger partial charge in [0.1, 0.15) is 5.82 Å². The molecule has 3 heterocycles. The van der Waals surface area contributed by atoms with E-state index < -0.39 is 0 Å². The number of nitrogens with one attached hydrogen (secondary N) is 1. The van der Waals surface area contributed by atoms with Crippen molar-refractivity contribution < 1.29 is 0 Å². The summed E-state index contributed by atoms with van der Waals surface area (Å²) in [6.07, 6.45) is 8.31. The fourth-order valence-corrected chi connectivity index (χ4v) is 2.93. The molecule has 1 aliphatic rings. The van der Waals surface area contributed by atoms with Gasteiger partial charge in [-0.25, -0.2) is 4.98 Å². The second-order valence-corrected chi connectivity index (χ2v) is 5.37. The van der Waals surface area contributed by atoms with Crippen LogP contribution in [-0.4, -0.2) is 25.9 Å². The van der Waals surface area contributed by atoms with Crippen molar-refractivity contribution in [1.29, 1.82) is 0 Å². The predicted molar refractivity (Wildman–Crippen MR) is 78.5 cm³/mol. The molecule has 0 saturated carbocycles. The Bertz CT molecular complexity index is 541. The second-order valence-electron chi connectivity index (χ2n) is 5.37. The summed E-state index contributed by atoms with van der Waals surface area (Å²) in [7, 11) is 0. The maximum Gasteiger partial charge on any atom is 0.109 e. The van der Waals surface area contributed by atoms with Crippen molar-refractivity contribution >= 4 is 0 Å². The molecule has 0 radical (unpaired) electrons. The summed E-state index contributed by atoms with van der Waals surface area (Å²) in [6.45, 7) is 6.25. The third kappa shape index (κ3) is 2.77. The summed E-state index contributed by atoms with van der Waals surface area (Å²) in [5.74, 6) is 1.27. The van der Waals surface area contributed by atoms with Crippen molar-refractivity contribution in [3.63, 3.8) is 0 Å². The molecule has 5 nitrogen and oxygen atoms in total. The molecule has 1 aliphatic heterocycles. The van der Waals surface area contributed by atoms with Gasteiger partial charge in [-0.1, -0.05) is 6.92 Å². The minimum Gasteiger partial charge on any atom is -0.332 e. The van der Waals surface area contributed by atoms with E-state index in [1.165, 1.54) is 17.2 Å². The molecule has 1 N–H and O–H groups in total. The number of hydrogen-bond donors (Lipinski definition) is 1. The Morgan fingerprint density at radius 3 is 3.10 bits per heavy atom. The molecule has 2 aromatic rings. The molecule has 0 aromatic carbocycles. The fraction of sp³-hybridized carbons (Fsp3) is 0.600. The van der Waals surface area contributed by atoms with Crippen LogP contribution in [0.1, 0.15) is 37.0 Å². The highest BCUT2D eigenvalue weighted by Gasteiger charge is 2.18. The Labute approximate surface area is 120 Å². The zero-order valence-electron chi connectivity index (χ0n) is 12.2. The minimum atomic E-state index is 0.929. The fourth-order valence-electron chi connectivity index (χ4n) is 2.93. The molecule has 20 heavy (non-hydrogen) atoms. The first-order valence-electron chi connectivity index (χ1n) is 7.63. The Balaban J connectivity index is 1.71. The summed E-state index contributed by atoms with van der Waals surface area (Å²) >= 11 is 0. The van der Waals surface area contributed by atoms with Gasteiger partial charge in [0, 0.05) is 57.1 Å². The van der Waals surface area contributed by atoms with E-state index in [1.54, 1.807) is 0 Å². The molecule has 0 bridgehead atoms. The second kappa shape index (κ2) is 6.22. The summed E-state index contributed by atoms with van der Waals surface area (Å²) in [5, 5.41) is 7.68. The van der Waals surface area contributed by atoms with Gasteiger partial charge in [0.05, 0.1) is 5.69 Å². The molecular formula is C15H23N5. The van der Waals surface area contributed by atoms with E-state index in [2.05, 4.69) is 21.9 Å².